The van der Waals surface area contributed by atoms with Crippen LogP contribution in [0, 0.1) is 0 Å². The summed E-state index contributed by atoms with van der Waals surface area (Å²) in [6.07, 6.45) is 0. The topological polar surface area (TPSA) is 38.5 Å². The molecule has 76 valence electrons. The van der Waals surface area contributed by atoms with E-state index in [0.29, 0.717) is 6.04 Å². The van der Waals surface area contributed by atoms with Crippen LogP contribution in [0.5, 0.6) is 5.75 Å². The standard InChI is InChI=1S/C11H16N2O/c1-14-11-4-2-3-9(5-11)6-13-7-10(12)8-13/h2-5,10H,6-8,12H2,1H3. The van der Waals surface area contributed by atoms with Gasteiger partial charge in [-0.25, -0.2) is 0 Å². The van der Waals surface area contributed by atoms with Crippen molar-refractivity contribution in [3.05, 3.63) is 29.8 Å². The first-order valence-corrected chi connectivity index (χ1v) is 4.89. The molecule has 1 fully saturated rings. The monoisotopic (exact) mass is 192 g/mol. The molecule has 0 aliphatic carbocycles. The van der Waals surface area contributed by atoms with Crippen LogP contribution in [0.1, 0.15) is 5.56 Å². The molecule has 1 aliphatic rings. The summed E-state index contributed by atoms with van der Waals surface area (Å²) in [6.45, 7) is 3.00. The zero-order valence-electron chi connectivity index (χ0n) is 8.44. The highest BCUT2D eigenvalue weighted by Gasteiger charge is 2.22. The summed E-state index contributed by atoms with van der Waals surface area (Å²) in [5, 5.41) is 0. The molecule has 1 aromatic carbocycles. The summed E-state index contributed by atoms with van der Waals surface area (Å²) < 4.78 is 5.17. The SMILES string of the molecule is COc1cccc(CN2CC(N)C2)c1. The van der Waals surface area contributed by atoms with Gasteiger partial charge in [-0.15, -0.1) is 0 Å². The number of benzene rings is 1. The third kappa shape index (κ3) is 2.05. The van der Waals surface area contributed by atoms with Gasteiger partial charge in [-0.2, -0.15) is 0 Å². The Balaban J connectivity index is 1.95. The molecule has 0 atom stereocenters. The Labute approximate surface area is 84.5 Å². The number of ether oxygens (including phenoxy) is 1. The van der Waals surface area contributed by atoms with Crippen molar-refractivity contribution in [3.63, 3.8) is 0 Å². The van der Waals surface area contributed by atoms with Crippen molar-refractivity contribution in [2.45, 2.75) is 12.6 Å². The molecular formula is C11H16N2O. The number of likely N-dealkylation sites (tertiary alicyclic amines) is 1. The van der Waals surface area contributed by atoms with E-state index in [1.165, 1.54) is 5.56 Å². The molecule has 0 spiro atoms. The van der Waals surface area contributed by atoms with E-state index in [0.717, 1.165) is 25.4 Å². The highest BCUT2D eigenvalue weighted by molar-refractivity contribution is 5.28. The summed E-state index contributed by atoms with van der Waals surface area (Å²) in [7, 11) is 1.69. The fourth-order valence-electron chi connectivity index (χ4n) is 1.77. The molecule has 0 amide bonds. The van der Waals surface area contributed by atoms with Crippen LogP contribution in [0.2, 0.25) is 0 Å². The van der Waals surface area contributed by atoms with Gasteiger partial charge in [0.2, 0.25) is 0 Å². The first kappa shape index (κ1) is 9.49. The molecule has 1 aromatic rings. The van der Waals surface area contributed by atoms with E-state index in [9.17, 15) is 0 Å². The number of hydrogen-bond donors (Lipinski definition) is 1. The quantitative estimate of drug-likeness (QED) is 0.771. The van der Waals surface area contributed by atoms with E-state index in [1.807, 2.05) is 12.1 Å². The van der Waals surface area contributed by atoms with Gasteiger partial charge < -0.3 is 10.5 Å². The van der Waals surface area contributed by atoms with Crippen LogP contribution >= 0.6 is 0 Å². The van der Waals surface area contributed by atoms with Gasteiger partial charge in [0.15, 0.2) is 0 Å². The zero-order valence-corrected chi connectivity index (χ0v) is 8.44. The van der Waals surface area contributed by atoms with Crippen molar-refractivity contribution in [2.75, 3.05) is 20.2 Å². The van der Waals surface area contributed by atoms with Crippen molar-refractivity contribution < 1.29 is 4.74 Å². The van der Waals surface area contributed by atoms with Gasteiger partial charge in [-0.05, 0) is 17.7 Å². The fraction of sp³-hybridized carbons (Fsp3) is 0.455. The molecule has 2 rings (SSSR count). The molecule has 1 saturated heterocycles. The minimum absolute atomic E-state index is 0.376. The van der Waals surface area contributed by atoms with Crippen LogP contribution in [-0.4, -0.2) is 31.1 Å². The van der Waals surface area contributed by atoms with Gasteiger partial charge in [0, 0.05) is 25.7 Å². The van der Waals surface area contributed by atoms with Gasteiger partial charge in [-0.3, -0.25) is 4.90 Å². The molecule has 0 radical (unpaired) electrons. The van der Waals surface area contributed by atoms with Crippen molar-refractivity contribution >= 4 is 0 Å². The summed E-state index contributed by atoms with van der Waals surface area (Å²) in [5.74, 6) is 0.923. The number of methoxy groups -OCH3 is 1. The molecule has 0 bridgehead atoms. The molecule has 1 heterocycles. The Morgan fingerprint density at radius 2 is 2.29 bits per heavy atom. The molecule has 0 unspecified atom stereocenters. The predicted octanol–water partition coefficient (Wildman–Crippen LogP) is 0.838. The Morgan fingerprint density at radius 1 is 1.50 bits per heavy atom. The van der Waals surface area contributed by atoms with Gasteiger partial charge >= 0.3 is 0 Å². The van der Waals surface area contributed by atoms with Gasteiger partial charge in [0.1, 0.15) is 5.75 Å². The van der Waals surface area contributed by atoms with Crippen molar-refractivity contribution in [2.24, 2.45) is 5.73 Å². The highest BCUT2D eigenvalue weighted by Crippen LogP contribution is 2.16. The van der Waals surface area contributed by atoms with Crippen molar-refractivity contribution in [1.29, 1.82) is 0 Å². The van der Waals surface area contributed by atoms with E-state index in [4.69, 9.17) is 10.5 Å². The first-order chi connectivity index (χ1) is 6.78. The Bertz CT molecular complexity index is 308. The molecule has 0 saturated carbocycles. The first-order valence-electron chi connectivity index (χ1n) is 4.89. The second-order valence-electron chi connectivity index (χ2n) is 3.81. The highest BCUT2D eigenvalue weighted by atomic mass is 16.5. The average Bonchev–Trinajstić information content (AvgIpc) is 2.16. The zero-order chi connectivity index (χ0) is 9.97. The van der Waals surface area contributed by atoms with Crippen LogP contribution in [-0.2, 0) is 6.54 Å². The molecular weight excluding hydrogens is 176 g/mol. The number of rotatable bonds is 3. The maximum Gasteiger partial charge on any atom is 0.119 e. The van der Waals surface area contributed by atoms with E-state index < -0.39 is 0 Å². The lowest BCUT2D eigenvalue weighted by molar-refractivity contribution is 0.142. The minimum atomic E-state index is 0.376. The van der Waals surface area contributed by atoms with Gasteiger partial charge in [0.05, 0.1) is 7.11 Å². The molecule has 2 N–H and O–H groups in total. The minimum Gasteiger partial charge on any atom is -0.497 e. The predicted molar refractivity (Wildman–Crippen MR) is 56.2 cm³/mol. The lowest BCUT2D eigenvalue weighted by atomic mass is 10.1. The molecule has 1 aliphatic heterocycles. The van der Waals surface area contributed by atoms with Crippen LogP contribution in [0.25, 0.3) is 0 Å². The molecule has 0 aromatic heterocycles. The van der Waals surface area contributed by atoms with E-state index in [2.05, 4.69) is 17.0 Å². The number of hydrogen-bond acceptors (Lipinski definition) is 3. The van der Waals surface area contributed by atoms with Gasteiger partial charge in [0.25, 0.3) is 0 Å². The van der Waals surface area contributed by atoms with E-state index in [1.54, 1.807) is 7.11 Å². The molecule has 14 heavy (non-hydrogen) atoms. The second kappa shape index (κ2) is 3.98. The summed E-state index contributed by atoms with van der Waals surface area (Å²) >= 11 is 0. The maximum atomic E-state index is 5.71. The van der Waals surface area contributed by atoms with Crippen molar-refractivity contribution in [3.8, 4) is 5.75 Å². The summed E-state index contributed by atoms with van der Waals surface area (Å²) in [5.41, 5.74) is 7.00. The van der Waals surface area contributed by atoms with E-state index >= 15 is 0 Å². The summed E-state index contributed by atoms with van der Waals surface area (Å²) in [6, 6.07) is 8.55. The maximum absolute atomic E-state index is 5.71. The fourth-order valence-corrected chi connectivity index (χ4v) is 1.77. The molecule has 3 heteroatoms. The third-order valence-corrected chi connectivity index (χ3v) is 2.53. The molecule has 3 nitrogen and oxygen atoms in total. The second-order valence-corrected chi connectivity index (χ2v) is 3.81. The van der Waals surface area contributed by atoms with Crippen LogP contribution in [0.4, 0.5) is 0 Å². The van der Waals surface area contributed by atoms with Crippen molar-refractivity contribution in [1.82, 2.24) is 4.90 Å². The largest absolute Gasteiger partial charge is 0.497 e. The third-order valence-electron chi connectivity index (χ3n) is 2.53. The summed E-state index contributed by atoms with van der Waals surface area (Å²) in [4.78, 5) is 2.33. The van der Waals surface area contributed by atoms with Crippen LogP contribution in [0.15, 0.2) is 24.3 Å². The van der Waals surface area contributed by atoms with E-state index in [-0.39, 0.29) is 0 Å². The Hall–Kier alpha value is -1.06. The Kier molecular flexibility index (Phi) is 2.70. The smallest absolute Gasteiger partial charge is 0.119 e. The number of nitrogens with zero attached hydrogens (tertiary/aromatic N) is 1. The normalized spacial score (nSPS) is 17.9. The lowest BCUT2D eigenvalue weighted by Crippen LogP contribution is -2.54. The lowest BCUT2D eigenvalue weighted by Gasteiger charge is -2.36. The Morgan fingerprint density at radius 3 is 2.93 bits per heavy atom. The van der Waals surface area contributed by atoms with Crippen LogP contribution in [0.3, 0.4) is 0 Å². The van der Waals surface area contributed by atoms with Crippen LogP contribution < -0.4 is 10.5 Å². The average molecular weight is 192 g/mol. The van der Waals surface area contributed by atoms with Gasteiger partial charge in [-0.1, -0.05) is 12.1 Å². The number of nitrogens with two attached hydrogens (primary N) is 1.